The average molecular weight is 205 g/mol. The van der Waals surface area contributed by atoms with Crippen LogP contribution in [0.25, 0.3) is 11.3 Å². The van der Waals surface area contributed by atoms with Crippen molar-refractivity contribution in [2.45, 2.75) is 13.8 Å². The van der Waals surface area contributed by atoms with Crippen LogP contribution in [-0.2, 0) is 0 Å². The van der Waals surface area contributed by atoms with Crippen LogP contribution in [0.15, 0.2) is 18.2 Å². The Morgan fingerprint density at radius 2 is 2.00 bits per heavy atom. The number of anilines is 1. The van der Waals surface area contributed by atoms with Gasteiger partial charge in [-0.1, -0.05) is 17.7 Å². The molecule has 0 saturated carbocycles. The van der Waals surface area contributed by atoms with Gasteiger partial charge < -0.3 is 5.73 Å². The Morgan fingerprint density at radius 1 is 1.21 bits per heavy atom. The van der Waals surface area contributed by atoms with E-state index in [9.17, 15) is 0 Å². The molecule has 0 spiro atoms. The summed E-state index contributed by atoms with van der Waals surface area (Å²) in [6.45, 7) is 4.10. The number of hydrogen-bond acceptors (Lipinski definition) is 4. The first kappa shape index (κ1) is 9.15. The van der Waals surface area contributed by atoms with Gasteiger partial charge >= 0.3 is 0 Å². The number of aryl methyl sites for hydroxylation is 2. The van der Waals surface area contributed by atoms with Crippen LogP contribution in [0, 0.1) is 13.8 Å². The van der Waals surface area contributed by atoms with Gasteiger partial charge in [0, 0.05) is 5.56 Å². The summed E-state index contributed by atoms with van der Waals surface area (Å²) in [6, 6.07) is 6.24. The summed E-state index contributed by atoms with van der Waals surface area (Å²) in [5, 5.41) is 0. The Kier molecular flexibility index (Phi) is 2.21. The zero-order valence-corrected chi connectivity index (χ0v) is 8.93. The van der Waals surface area contributed by atoms with Crippen LogP contribution in [0.5, 0.6) is 0 Å². The van der Waals surface area contributed by atoms with Gasteiger partial charge in [0.25, 0.3) is 0 Å². The van der Waals surface area contributed by atoms with Gasteiger partial charge in [0.2, 0.25) is 0 Å². The Bertz CT molecular complexity index is 462. The van der Waals surface area contributed by atoms with Crippen molar-refractivity contribution in [3.63, 3.8) is 0 Å². The second-order valence-corrected chi connectivity index (χ2v) is 3.84. The minimum Gasteiger partial charge on any atom is -0.381 e. The fourth-order valence-corrected chi connectivity index (χ4v) is 1.86. The third kappa shape index (κ3) is 1.48. The molecule has 2 rings (SSSR count). The molecule has 0 bridgehead atoms. The second kappa shape index (κ2) is 3.38. The van der Waals surface area contributed by atoms with Gasteiger partial charge in [0.05, 0.1) is 11.7 Å². The zero-order valence-electron chi connectivity index (χ0n) is 8.11. The fourth-order valence-electron chi connectivity index (χ4n) is 1.37. The molecule has 1 heterocycles. The van der Waals surface area contributed by atoms with Crippen molar-refractivity contribution in [1.82, 2.24) is 8.75 Å². The molecule has 14 heavy (non-hydrogen) atoms. The molecule has 1 aromatic heterocycles. The van der Waals surface area contributed by atoms with Crippen molar-refractivity contribution in [2.24, 2.45) is 0 Å². The Balaban J connectivity index is 2.62. The topological polar surface area (TPSA) is 51.8 Å². The molecule has 4 heteroatoms. The molecular weight excluding hydrogens is 194 g/mol. The van der Waals surface area contributed by atoms with Crippen LogP contribution in [0.2, 0.25) is 0 Å². The number of hydrogen-bond donors (Lipinski definition) is 1. The van der Waals surface area contributed by atoms with E-state index in [0.717, 1.165) is 23.0 Å². The molecule has 1 aromatic carbocycles. The van der Waals surface area contributed by atoms with E-state index in [1.54, 1.807) is 0 Å². The lowest BCUT2D eigenvalue weighted by atomic mass is 10.0. The van der Waals surface area contributed by atoms with Crippen molar-refractivity contribution in [1.29, 1.82) is 0 Å². The van der Waals surface area contributed by atoms with Gasteiger partial charge in [0.1, 0.15) is 5.69 Å². The first-order chi connectivity index (χ1) is 6.68. The summed E-state index contributed by atoms with van der Waals surface area (Å²) < 4.78 is 8.17. The highest BCUT2D eigenvalue weighted by Crippen LogP contribution is 2.27. The lowest BCUT2D eigenvalue weighted by molar-refractivity contribution is 1.37. The summed E-state index contributed by atoms with van der Waals surface area (Å²) in [5.41, 5.74) is 9.99. The number of rotatable bonds is 1. The predicted octanol–water partition coefficient (Wildman–Crippen LogP) is 2.40. The van der Waals surface area contributed by atoms with Gasteiger partial charge in [-0.25, -0.2) is 0 Å². The number of aromatic nitrogens is 2. The maximum Gasteiger partial charge on any atom is 0.165 e. The molecule has 3 nitrogen and oxygen atoms in total. The zero-order chi connectivity index (χ0) is 10.1. The van der Waals surface area contributed by atoms with Gasteiger partial charge in [-0.3, -0.25) is 0 Å². The Morgan fingerprint density at radius 3 is 2.64 bits per heavy atom. The third-order valence-corrected chi connectivity index (χ3v) is 2.70. The first-order valence-electron chi connectivity index (χ1n) is 4.34. The van der Waals surface area contributed by atoms with Crippen molar-refractivity contribution >= 4 is 17.5 Å². The molecular formula is C10H11N3S. The van der Waals surface area contributed by atoms with Gasteiger partial charge in [-0.05, 0) is 25.5 Å². The summed E-state index contributed by atoms with van der Waals surface area (Å²) >= 11 is 1.15. The fraction of sp³-hybridized carbons (Fsp3) is 0.200. The van der Waals surface area contributed by atoms with E-state index < -0.39 is 0 Å². The molecule has 0 radical (unpaired) electrons. The van der Waals surface area contributed by atoms with Gasteiger partial charge in [-0.15, -0.1) is 0 Å². The van der Waals surface area contributed by atoms with E-state index in [-0.39, 0.29) is 0 Å². The van der Waals surface area contributed by atoms with Crippen LogP contribution >= 0.6 is 11.7 Å². The van der Waals surface area contributed by atoms with Crippen molar-refractivity contribution in [3.05, 3.63) is 29.3 Å². The second-order valence-electron chi connectivity index (χ2n) is 3.32. The lowest BCUT2D eigenvalue weighted by Gasteiger charge is -2.03. The molecule has 2 aromatic rings. The van der Waals surface area contributed by atoms with Crippen molar-refractivity contribution in [2.75, 3.05) is 5.73 Å². The number of nitrogens with zero attached hydrogens (tertiary/aromatic N) is 2. The van der Waals surface area contributed by atoms with E-state index in [4.69, 9.17) is 5.73 Å². The monoisotopic (exact) mass is 205 g/mol. The molecule has 72 valence electrons. The van der Waals surface area contributed by atoms with Gasteiger partial charge in [0.15, 0.2) is 5.82 Å². The van der Waals surface area contributed by atoms with E-state index >= 15 is 0 Å². The van der Waals surface area contributed by atoms with Crippen LogP contribution in [0.4, 0.5) is 5.82 Å². The number of nitrogens with two attached hydrogens (primary N) is 1. The first-order valence-corrected chi connectivity index (χ1v) is 5.07. The highest BCUT2D eigenvalue weighted by atomic mass is 32.1. The smallest absolute Gasteiger partial charge is 0.165 e. The Hall–Kier alpha value is -1.42. The highest BCUT2D eigenvalue weighted by Gasteiger charge is 2.09. The van der Waals surface area contributed by atoms with Crippen LogP contribution < -0.4 is 5.73 Å². The maximum atomic E-state index is 5.73. The third-order valence-electron chi connectivity index (χ3n) is 2.16. The average Bonchev–Trinajstić information content (AvgIpc) is 2.56. The molecule has 0 unspecified atom stereocenters. The predicted molar refractivity (Wildman–Crippen MR) is 59.2 cm³/mol. The number of benzene rings is 1. The Labute approximate surface area is 86.9 Å². The quantitative estimate of drug-likeness (QED) is 0.777. The van der Waals surface area contributed by atoms with E-state index in [0.29, 0.717) is 5.82 Å². The molecule has 0 fully saturated rings. The minimum atomic E-state index is 0.517. The van der Waals surface area contributed by atoms with Crippen molar-refractivity contribution < 1.29 is 0 Å². The standard InChI is InChI=1S/C10H11N3S/c1-6-3-4-7(2)8(5-6)9-10(11)13-14-12-9/h3-5H,1-2H3,(H2,11,13). The molecule has 0 atom stereocenters. The lowest BCUT2D eigenvalue weighted by Crippen LogP contribution is -1.91. The summed E-state index contributed by atoms with van der Waals surface area (Å²) in [5.74, 6) is 0.517. The van der Waals surface area contributed by atoms with Crippen LogP contribution in [-0.4, -0.2) is 8.75 Å². The highest BCUT2D eigenvalue weighted by molar-refractivity contribution is 6.99. The van der Waals surface area contributed by atoms with Crippen LogP contribution in [0.3, 0.4) is 0 Å². The minimum absolute atomic E-state index is 0.517. The van der Waals surface area contributed by atoms with E-state index in [1.165, 1.54) is 11.1 Å². The maximum absolute atomic E-state index is 5.73. The molecule has 0 saturated heterocycles. The molecule has 0 amide bonds. The molecule has 2 N–H and O–H groups in total. The van der Waals surface area contributed by atoms with E-state index in [2.05, 4.69) is 33.9 Å². The molecule has 0 aliphatic heterocycles. The van der Waals surface area contributed by atoms with Gasteiger partial charge in [-0.2, -0.15) is 8.75 Å². The summed E-state index contributed by atoms with van der Waals surface area (Å²) in [7, 11) is 0. The number of nitrogen functional groups attached to an aromatic ring is 1. The van der Waals surface area contributed by atoms with Crippen molar-refractivity contribution in [3.8, 4) is 11.3 Å². The normalized spacial score (nSPS) is 10.4. The SMILES string of the molecule is Cc1ccc(C)c(-c2nsnc2N)c1. The van der Waals surface area contributed by atoms with Crippen LogP contribution in [0.1, 0.15) is 11.1 Å². The molecule has 0 aliphatic rings. The summed E-state index contributed by atoms with van der Waals surface area (Å²) in [4.78, 5) is 0. The largest absolute Gasteiger partial charge is 0.381 e. The molecule has 0 aliphatic carbocycles. The summed E-state index contributed by atoms with van der Waals surface area (Å²) in [6.07, 6.45) is 0. The van der Waals surface area contributed by atoms with E-state index in [1.807, 2.05) is 6.92 Å².